The number of nitrogens with zero attached hydrogens (tertiary/aromatic N) is 1. The lowest BCUT2D eigenvalue weighted by Gasteiger charge is -2.23. The highest BCUT2D eigenvalue weighted by Crippen LogP contribution is 2.42. The first kappa shape index (κ1) is 14.0. The van der Waals surface area contributed by atoms with Crippen LogP contribution in [0.1, 0.15) is 24.8 Å². The summed E-state index contributed by atoms with van der Waals surface area (Å²) < 4.78 is 26.6. The van der Waals surface area contributed by atoms with Crippen molar-refractivity contribution >= 4 is 11.9 Å². The molecule has 21 heavy (non-hydrogen) atoms. The maximum absolute atomic E-state index is 13.7. The van der Waals surface area contributed by atoms with Gasteiger partial charge in [0.15, 0.2) is 0 Å². The number of carboxylic acids is 1. The summed E-state index contributed by atoms with van der Waals surface area (Å²) in [5.41, 5.74) is 0.254. The summed E-state index contributed by atoms with van der Waals surface area (Å²) in [6.07, 6.45) is 2.04. The fraction of sp³-hybridized carbons (Fsp3) is 0.467. The molecule has 2 atom stereocenters. The largest absolute Gasteiger partial charge is 0.481 e. The van der Waals surface area contributed by atoms with Crippen LogP contribution in [0.3, 0.4) is 0 Å². The maximum atomic E-state index is 13.7. The molecule has 112 valence electrons. The molecular weight excluding hydrogens is 280 g/mol. The van der Waals surface area contributed by atoms with E-state index < -0.39 is 29.4 Å². The molecule has 2 unspecified atom stereocenters. The minimum absolute atomic E-state index is 0.0528. The van der Waals surface area contributed by atoms with Crippen LogP contribution >= 0.6 is 0 Å². The fourth-order valence-corrected chi connectivity index (χ4v) is 2.56. The fourth-order valence-electron chi connectivity index (χ4n) is 2.56. The molecule has 1 aromatic carbocycles. The second kappa shape index (κ2) is 5.09. The zero-order valence-electron chi connectivity index (χ0n) is 11.3. The molecular formula is C15H15F2NO3. The molecule has 2 fully saturated rings. The van der Waals surface area contributed by atoms with Gasteiger partial charge in [-0.25, -0.2) is 8.78 Å². The third kappa shape index (κ3) is 2.89. The Labute approximate surface area is 120 Å². The van der Waals surface area contributed by atoms with E-state index in [0.29, 0.717) is 6.42 Å². The lowest BCUT2D eigenvalue weighted by Crippen LogP contribution is -2.35. The first-order valence-corrected chi connectivity index (χ1v) is 6.94. The topological polar surface area (TPSA) is 57.6 Å². The van der Waals surface area contributed by atoms with E-state index in [1.165, 1.54) is 6.07 Å². The second-order valence-electron chi connectivity index (χ2n) is 5.72. The molecule has 0 radical (unpaired) electrons. The van der Waals surface area contributed by atoms with Gasteiger partial charge in [-0.1, -0.05) is 6.07 Å². The third-order valence-electron chi connectivity index (χ3n) is 4.05. The average Bonchev–Trinajstić information content (AvgIpc) is 3.28. The Bertz CT molecular complexity index is 601. The third-order valence-corrected chi connectivity index (χ3v) is 4.05. The van der Waals surface area contributed by atoms with E-state index in [4.69, 9.17) is 5.11 Å². The van der Waals surface area contributed by atoms with Crippen LogP contribution in [0.25, 0.3) is 0 Å². The van der Waals surface area contributed by atoms with Crippen molar-refractivity contribution in [3.05, 3.63) is 35.4 Å². The van der Waals surface area contributed by atoms with E-state index in [1.807, 2.05) is 0 Å². The molecule has 0 aliphatic heterocycles. The molecule has 1 amide bonds. The van der Waals surface area contributed by atoms with Crippen LogP contribution in [0.2, 0.25) is 0 Å². The zero-order valence-corrected chi connectivity index (χ0v) is 11.3. The Balaban J connectivity index is 1.73. The van der Waals surface area contributed by atoms with Crippen LogP contribution in [0, 0.1) is 23.5 Å². The van der Waals surface area contributed by atoms with Crippen LogP contribution in [0.5, 0.6) is 0 Å². The number of amides is 1. The van der Waals surface area contributed by atoms with Gasteiger partial charge in [-0.2, -0.15) is 0 Å². The molecule has 2 aliphatic rings. The quantitative estimate of drug-likeness (QED) is 0.905. The van der Waals surface area contributed by atoms with Gasteiger partial charge in [0.05, 0.1) is 11.8 Å². The van der Waals surface area contributed by atoms with E-state index in [9.17, 15) is 18.4 Å². The predicted octanol–water partition coefficient (Wildman–Crippen LogP) is 2.18. The van der Waals surface area contributed by atoms with Crippen molar-refractivity contribution in [2.75, 3.05) is 0 Å². The summed E-state index contributed by atoms with van der Waals surface area (Å²) in [5, 5.41) is 8.90. The SMILES string of the molecule is O=C(O)C1CC1C(=O)N(Cc1ccc(F)cc1F)C1CC1. The van der Waals surface area contributed by atoms with Crippen LogP contribution in [0.4, 0.5) is 8.78 Å². The molecule has 0 heterocycles. The minimum Gasteiger partial charge on any atom is -0.481 e. The normalized spacial score (nSPS) is 23.7. The lowest BCUT2D eigenvalue weighted by atomic mass is 10.1. The molecule has 0 aromatic heterocycles. The van der Waals surface area contributed by atoms with Gasteiger partial charge in [0.2, 0.25) is 5.91 Å². The van der Waals surface area contributed by atoms with E-state index in [2.05, 4.69) is 0 Å². The van der Waals surface area contributed by atoms with Gasteiger partial charge in [0.1, 0.15) is 11.6 Å². The first-order valence-electron chi connectivity index (χ1n) is 6.94. The van der Waals surface area contributed by atoms with Crippen molar-refractivity contribution in [1.82, 2.24) is 4.90 Å². The number of carbonyl (C=O) groups excluding carboxylic acids is 1. The van der Waals surface area contributed by atoms with Gasteiger partial charge >= 0.3 is 5.97 Å². The van der Waals surface area contributed by atoms with E-state index >= 15 is 0 Å². The van der Waals surface area contributed by atoms with Gasteiger partial charge in [-0.15, -0.1) is 0 Å². The highest BCUT2D eigenvalue weighted by Gasteiger charge is 2.51. The number of rotatable bonds is 5. The number of carboxylic acid groups (broad SMARTS) is 1. The van der Waals surface area contributed by atoms with Crippen LogP contribution in [-0.2, 0) is 16.1 Å². The molecule has 6 heteroatoms. The number of hydrogen-bond acceptors (Lipinski definition) is 2. The molecule has 4 nitrogen and oxygen atoms in total. The Morgan fingerprint density at radius 2 is 1.95 bits per heavy atom. The average molecular weight is 295 g/mol. The molecule has 1 aromatic rings. The molecule has 1 N–H and O–H groups in total. The van der Waals surface area contributed by atoms with Crippen molar-refractivity contribution < 1.29 is 23.5 Å². The predicted molar refractivity (Wildman–Crippen MR) is 69.2 cm³/mol. The molecule has 2 aliphatic carbocycles. The number of halogens is 2. The van der Waals surface area contributed by atoms with Crippen molar-refractivity contribution in [1.29, 1.82) is 0 Å². The molecule has 2 saturated carbocycles. The van der Waals surface area contributed by atoms with Crippen LogP contribution < -0.4 is 0 Å². The van der Waals surface area contributed by atoms with E-state index in [0.717, 1.165) is 25.0 Å². The number of benzene rings is 1. The summed E-state index contributed by atoms with van der Waals surface area (Å²) in [5.74, 6) is -3.64. The van der Waals surface area contributed by atoms with Crippen LogP contribution in [-0.4, -0.2) is 27.9 Å². The Morgan fingerprint density at radius 3 is 2.48 bits per heavy atom. The molecule has 0 bridgehead atoms. The molecule has 3 rings (SSSR count). The Morgan fingerprint density at radius 1 is 1.24 bits per heavy atom. The Hall–Kier alpha value is -1.98. The van der Waals surface area contributed by atoms with Crippen molar-refractivity contribution in [3.63, 3.8) is 0 Å². The Kier molecular flexibility index (Phi) is 3.39. The van der Waals surface area contributed by atoms with Gasteiger partial charge in [0, 0.05) is 24.2 Å². The maximum Gasteiger partial charge on any atom is 0.307 e. The standard InChI is InChI=1S/C15H15F2NO3/c16-9-2-1-8(13(17)5-9)7-18(10-3-4-10)14(19)11-6-12(11)15(20)21/h1-2,5,10-12H,3-4,6-7H2,(H,20,21). The summed E-state index contributed by atoms with van der Waals surface area (Å²) in [4.78, 5) is 24.8. The van der Waals surface area contributed by atoms with Crippen molar-refractivity contribution in [2.45, 2.75) is 31.8 Å². The number of hydrogen-bond donors (Lipinski definition) is 1. The van der Waals surface area contributed by atoms with Crippen molar-refractivity contribution in [3.8, 4) is 0 Å². The molecule has 0 saturated heterocycles. The molecule has 0 spiro atoms. The summed E-state index contributed by atoms with van der Waals surface area (Å²) in [6, 6.07) is 3.33. The van der Waals surface area contributed by atoms with E-state index in [-0.39, 0.29) is 24.1 Å². The monoisotopic (exact) mass is 295 g/mol. The smallest absolute Gasteiger partial charge is 0.307 e. The van der Waals surface area contributed by atoms with Gasteiger partial charge < -0.3 is 10.0 Å². The number of aliphatic carboxylic acids is 1. The first-order chi connectivity index (χ1) is 9.97. The summed E-state index contributed by atoms with van der Waals surface area (Å²) in [6.45, 7) is 0.0679. The van der Waals surface area contributed by atoms with Gasteiger partial charge in [-0.3, -0.25) is 9.59 Å². The van der Waals surface area contributed by atoms with Crippen LogP contribution in [0.15, 0.2) is 18.2 Å². The van der Waals surface area contributed by atoms with Gasteiger partial charge in [0.25, 0.3) is 0 Å². The highest BCUT2D eigenvalue weighted by molar-refractivity contribution is 5.89. The minimum atomic E-state index is -0.961. The lowest BCUT2D eigenvalue weighted by molar-refractivity contribution is -0.142. The zero-order chi connectivity index (χ0) is 15.1. The van der Waals surface area contributed by atoms with E-state index in [1.54, 1.807) is 4.90 Å². The highest BCUT2D eigenvalue weighted by atomic mass is 19.1. The summed E-state index contributed by atoms with van der Waals surface area (Å²) in [7, 11) is 0. The van der Waals surface area contributed by atoms with Crippen molar-refractivity contribution in [2.24, 2.45) is 11.8 Å². The van der Waals surface area contributed by atoms with Gasteiger partial charge in [-0.05, 0) is 25.3 Å². The number of carbonyl (C=O) groups is 2. The second-order valence-corrected chi connectivity index (χ2v) is 5.72. The summed E-state index contributed by atoms with van der Waals surface area (Å²) >= 11 is 0.